The zero-order valence-corrected chi connectivity index (χ0v) is 12.4. The van der Waals surface area contributed by atoms with Crippen LogP contribution in [0.4, 0.5) is 4.79 Å². The van der Waals surface area contributed by atoms with Crippen molar-refractivity contribution >= 4 is 12.1 Å². The lowest BCUT2D eigenvalue weighted by molar-refractivity contribution is -0.139. The molecule has 1 aliphatic rings. The summed E-state index contributed by atoms with van der Waals surface area (Å²) in [5, 5.41) is 11.5. The van der Waals surface area contributed by atoms with Gasteiger partial charge in [-0.2, -0.15) is 0 Å². The summed E-state index contributed by atoms with van der Waals surface area (Å²) in [7, 11) is 0. The summed E-state index contributed by atoms with van der Waals surface area (Å²) >= 11 is 0. The molecule has 0 aliphatic heterocycles. The van der Waals surface area contributed by atoms with E-state index in [-0.39, 0.29) is 6.10 Å². The van der Waals surface area contributed by atoms with Crippen molar-refractivity contribution in [2.24, 2.45) is 5.73 Å². The predicted molar refractivity (Wildman–Crippen MR) is 80.0 cm³/mol. The van der Waals surface area contributed by atoms with E-state index >= 15 is 0 Å². The fourth-order valence-electron chi connectivity index (χ4n) is 2.32. The van der Waals surface area contributed by atoms with E-state index in [0.717, 1.165) is 38.5 Å². The third kappa shape index (κ3) is 7.70. The first-order valence-corrected chi connectivity index (χ1v) is 7.68. The molecule has 0 radical (unpaired) electrons. The first kappa shape index (κ1) is 17.5. The monoisotopic (exact) mass is 298 g/mol. The Hall–Kier alpha value is -1.56. The van der Waals surface area contributed by atoms with Crippen molar-refractivity contribution < 1.29 is 19.4 Å². The Balaban J connectivity index is 2.37. The summed E-state index contributed by atoms with van der Waals surface area (Å²) in [6, 6.07) is -0.905. The Morgan fingerprint density at radius 2 is 2.05 bits per heavy atom. The summed E-state index contributed by atoms with van der Waals surface area (Å²) in [6.45, 7) is 0.520. The van der Waals surface area contributed by atoms with E-state index < -0.39 is 18.1 Å². The average Bonchev–Trinajstić information content (AvgIpc) is 2.40. The van der Waals surface area contributed by atoms with Crippen LogP contribution in [-0.4, -0.2) is 35.9 Å². The second-order valence-corrected chi connectivity index (χ2v) is 5.33. The standard InChI is InChI=1S/C15H26N2O4/c16-11-7-6-10-13(14(18)19)17-15(20)21-12-8-4-2-1-3-5-9-12/h1-2,12-13H,3-11,16H2,(H,17,20)(H,18,19)/b2-1+/t12?,13-/m0/s1. The van der Waals surface area contributed by atoms with Crippen LogP contribution in [0.5, 0.6) is 0 Å². The SMILES string of the molecule is NCCCC[C@H](NC(=O)OC1CC/C=C/CCC1)C(=O)O. The molecule has 1 aliphatic carbocycles. The molecule has 120 valence electrons. The number of rotatable bonds is 7. The van der Waals surface area contributed by atoms with E-state index in [0.29, 0.717) is 19.4 Å². The minimum Gasteiger partial charge on any atom is -0.480 e. The van der Waals surface area contributed by atoms with Crippen molar-refractivity contribution in [3.05, 3.63) is 12.2 Å². The topological polar surface area (TPSA) is 102 Å². The smallest absolute Gasteiger partial charge is 0.408 e. The van der Waals surface area contributed by atoms with Crippen molar-refractivity contribution in [2.75, 3.05) is 6.54 Å². The summed E-state index contributed by atoms with van der Waals surface area (Å²) < 4.78 is 5.34. The van der Waals surface area contributed by atoms with Gasteiger partial charge in [-0.3, -0.25) is 0 Å². The molecule has 0 aromatic heterocycles. The summed E-state index contributed by atoms with van der Waals surface area (Å²) in [4.78, 5) is 22.9. The molecule has 1 unspecified atom stereocenters. The number of nitrogens with one attached hydrogen (secondary N) is 1. The van der Waals surface area contributed by atoms with Gasteiger partial charge in [0.1, 0.15) is 12.1 Å². The van der Waals surface area contributed by atoms with Crippen LogP contribution in [0, 0.1) is 0 Å². The number of carbonyl (C=O) groups is 2. The van der Waals surface area contributed by atoms with Crippen molar-refractivity contribution in [1.82, 2.24) is 5.32 Å². The Morgan fingerprint density at radius 3 is 2.76 bits per heavy atom. The quantitative estimate of drug-likeness (QED) is 0.494. The van der Waals surface area contributed by atoms with E-state index in [1.54, 1.807) is 0 Å². The number of amides is 1. The molecule has 21 heavy (non-hydrogen) atoms. The molecule has 1 rings (SSSR count). The summed E-state index contributed by atoms with van der Waals surface area (Å²) in [6.07, 6.45) is 9.74. The number of ether oxygens (including phenoxy) is 1. The molecule has 0 saturated heterocycles. The molecule has 0 fully saturated rings. The maximum absolute atomic E-state index is 11.8. The highest BCUT2D eigenvalue weighted by molar-refractivity contribution is 5.79. The number of carbonyl (C=O) groups excluding carboxylic acids is 1. The predicted octanol–water partition coefficient (Wildman–Crippen LogP) is 2.18. The van der Waals surface area contributed by atoms with Crippen LogP contribution in [0.3, 0.4) is 0 Å². The lowest BCUT2D eigenvalue weighted by Gasteiger charge is -2.20. The number of hydrogen-bond donors (Lipinski definition) is 3. The van der Waals surface area contributed by atoms with Gasteiger partial charge in [-0.25, -0.2) is 9.59 Å². The zero-order chi connectivity index (χ0) is 15.5. The molecule has 0 bridgehead atoms. The first-order chi connectivity index (χ1) is 10.1. The Labute approximate surface area is 125 Å². The molecule has 6 heteroatoms. The van der Waals surface area contributed by atoms with E-state index in [1.807, 2.05) is 0 Å². The van der Waals surface area contributed by atoms with Gasteiger partial charge in [0.25, 0.3) is 0 Å². The number of aliphatic carboxylic acids is 1. The Bertz CT molecular complexity index is 358. The molecule has 0 aromatic rings. The van der Waals surface area contributed by atoms with Crippen LogP contribution >= 0.6 is 0 Å². The maximum Gasteiger partial charge on any atom is 0.408 e. The van der Waals surface area contributed by atoms with Crippen molar-refractivity contribution in [1.29, 1.82) is 0 Å². The van der Waals surface area contributed by atoms with E-state index in [1.165, 1.54) is 0 Å². The van der Waals surface area contributed by atoms with Gasteiger partial charge < -0.3 is 20.9 Å². The maximum atomic E-state index is 11.8. The minimum atomic E-state index is -1.04. The average molecular weight is 298 g/mol. The molecule has 1 amide bonds. The van der Waals surface area contributed by atoms with Crippen LogP contribution in [-0.2, 0) is 9.53 Å². The number of carboxylic acids is 1. The number of carboxylic acid groups (broad SMARTS) is 1. The molecular formula is C15H26N2O4. The summed E-state index contributed by atoms with van der Waals surface area (Å²) in [5.74, 6) is -1.04. The van der Waals surface area contributed by atoms with Gasteiger partial charge in [-0.15, -0.1) is 0 Å². The number of nitrogens with two attached hydrogens (primary N) is 1. The Kier molecular flexibility index (Phi) is 8.50. The van der Waals surface area contributed by atoms with E-state index in [2.05, 4.69) is 17.5 Å². The van der Waals surface area contributed by atoms with Crippen LogP contribution in [0.1, 0.15) is 51.4 Å². The number of alkyl carbamates (subject to hydrolysis) is 1. The fraction of sp³-hybridized carbons (Fsp3) is 0.733. The number of hydrogen-bond acceptors (Lipinski definition) is 4. The number of unbranched alkanes of at least 4 members (excludes halogenated alkanes) is 1. The van der Waals surface area contributed by atoms with Crippen LogP contribution in [0.15, 0.2) is 12.2 Å². The third-order valence-corrected chi connectivity index (χ3v) is 3.53. The largest absolute Gasteiger partial charge is 0.480 e. The lowest BCUT2D eigenvalue weighted by Crippen LogP contribution is -2.42. The molecule has 6 nitrogen and oxygen atoms in total. The molecule has 0 heterocycles. The van der Waals surface area contributed by atoms with Crippen LogP contribution < -0.4 is 11.1 Å². The van der Waals surface area contributed by atoms with Gasteiger partial charge in [-0.1, -0.05) is 12.2 Å². The van der Waals surface area contributed by atoms with Crippen LogP contribution in [0.2, 0.25) is 0 Å². The fourth-order valence-corrected chi connectivity index (χ4v) is 2.32. The molecule has 4 N–H and O–H groups in total. The normalized spacial score (nSPS) is 21.7. The van der Waals surface area contributed by atoms with Crippen molar-refractivity contribution in [3.63, 3.8) is 0 Å². The molecule has 0 aromatic carbocycles. The second kappa shape index (κ2) is 10.2. The highest BCUT2D eigenvalue weighted by Crippen LogP contribution is 2.15. The van der Waals surface area contributed by atoms with Gasteiger partial charge in [0.15, 0.2) is 0 Å². The molecule has 0 spiro atoms. The van der Waals surface area contributed by atoms with E-state index in [4.69, 9.17) is 15.6 Å². The number of allylic oxidation sites excluding steroid dienone is 2. The van der Waals surface area contributed by atoms with Gasteiger partial charge in [-0.05, 0) is 57.9 Å². The van der Waals surface area contributed by atoms with Gasteiger partial charge >= 0.3 is 12.1 Å². The van der Waals surface area contributed by atoms with Gasteiger partial charge in [0, 0.05) is 0 Å². The van der Waals surface area contributed by atoms with Gasteiger partial charge in [0.05, 0.1) is 0 Å². The van der Waals surface area contributed by atoms with Crippen molar-refractivity contribution in [2.45, 2.75) is 63.5 Å². The first-order valence-electron chi connectivity index (χ1n) is 7.68. The second-order valence-electron chi connectivity index (χ2n) is 5.33. The lowest BCUT2D eigenvalue weighted by atomic mass is 10.0. The minimum absolute atomic E-state index is 0.131. The van der Waals surface area contributed by atoms with Crippen molar-refractivity contribution in [3.8, 4) is 0 Å². The zero-order valence-electron chi connectivity index (χ0n) is 12.4. The molecular weight excluding hydrogens is 272 g/mol. The summed E-state index contributed by atoms with van der Waals surface area (Å²) in [5.41, 5.74) is 5.38. The molecule has 2 atom stereocenters. The Morgan fingerprint density at radius 1 is 1.29 bits per heavy atom. The third-order valence-electron chi connectivity index (χ3n) is 3.53. The highest BCUT2D eigenvalue weighted by Gasteiger charge is 2.22. The highest BCUT2D eigenvalue weighted by atomic mass is 16.6. The van der Waals surface area contributed by atoms with E-state index in [9.17, 15) is 9.59 Å². The van der Waals surface area contributed by atoms with Crippen LogP contribution in [0.25, 0.3) is 0 Å². The van der Waals surface area contributed by atoms with Gasteiger partial charge in [0.2, 0.25) is 0 Å². The molecule has 0 saturated carbocycles.